The zero-order valence-electron chi connectivity index (χ0n) is 11.6. The molecule has 4 nitrogen and oxygen atoms in total. The predicted molar refractivity (Wildman–Crippen MR) is 76.2 cm³/mol. The highest BCUT2D eigenvalue weighted by Gasteiger charge is 2.31. The molecule has 1 aromatic carbocycles. The van der Waals surface area contributed by atoms with Crippen molar-refractivity contribution in [3.05, 3.63) is 23.8 Å². The van der Waals surface area contributed by atoms with E-state index in [0.717, 1.165) is 24.1 Å². The Morgan fingerprint density at radius 3 is 2.79 bits per heavy atom. The van der Waals surface area contributed by atoms with Gasteiger partial charge in [0, 0.05) is 25.1 Å². The third-order valence-corrected chi connectivity index (χ3v) is 3.74. The van der Waals surface area contributed by atoms with Gasteiger partial charge in [-0.25, -0.2) is 0 Å². The molecule has 19 heavy (non-hydrogen) atoms. The lowest BCUT2D eigenvalue weighted by Gasteiger charge is -2.24. The highest BCUT2D eigenvalue weighted by molar-refractivity contribution is 5.94. The summed E-state index contributed by atoms with van der Waals surface area (Å²) in [4.78, 5) is 14.1. The Bertz CT molecular complexity index is 469. The Hall–Kier alpha value is -1.55. The number of carbonyl (C=O) groups excluding carboxylic acids is 1. The van der Waals surface area contributed by atoms with E-state index in [0.29, 0.717) is 18.9 Å². The summed E-state index contributed by atoms with van der Waals surface area (Å²) in [5, 5.41) is 9.58. The summed E-state index contributed by atoms with van der Waals surface area (Å²) in [7, 11) is 0. The van der Waals surface area contributed by atoms with Crippen molar-refractivity contribution in [1.29, 1.82) is 0 Å². The molecule has 1 amide bonds. The number of nitrogens with two attached hydrogens (primary N) is 1. The van der Waals surface area contributed by atoms with Gasteiger partial charge < -0.3 is 15.7 Å². The zero-order chi connectivity index (χ0) is 14.0. The first-order valence-corrected chi connectivity index (χ1v) is 6.88. The number of carbonyl (C=O) groups is 1. The number of amides is 1. The molecule has 3 N–H and O–H groups in total. The fourth-order valence-electron chi connectivity index (χ4n) is 2.37. The van der Waals surface area contributed by atoms with E-state index >= 15 is 0 Å². The average Bonchev–Trinajstić information content (AvgIpc) is 3.18. The number of phenolic OH excluding ortho intramolecular Hbond substituents is 1. The summed E-state index contributed by atoms with van der Waals surface area (Å²) in [6, 6.07) is 5.06. The molecule has 0 aliphatic heterocycles. The zero-order valence-corrected chi connectivity index (χ0v) is 11.6. The molecule has 1 saturated carbocycles. The van der Waals surface area contributed by atoms with Crippen LogP contribution in [0.2, 0.25) is 0 Å². The number of nitrogens with zero attached hydrogens (tertiary/aromatic N) is 1. The molecular weight excluding hydrogens is 240 g/mol. The lowest BCUT2D eigenvalue weighted by molar-refractivity contribution is -0.119. The first-order chi connectivity index (χ1) is 9.02. The van der Waals surface area contributed by atoms with Crippen molar-refractivity contribution in [2.45, 2.75) is 39.2 Å². The van der Waals surface area contributed by atoms with Gasteiger partial charge in [-0.3, -0.25) is 4.79 Å². The molecule has 2 rings (SSSR count). The molecule has 0 heterocycles. The highest BCUT2D eigenvalue weighted by atomic mass is 16.3. The van der Waals surface area contributed by atoms with Crippen LogP contribution in [0.5, 0.6) is 5.75 Å². The highest BCUT2D eigenvalue weighted by Crippen LogP contribution is 2.33. The Morgan fingerprint density at radius 1 is 1.53 bits per heavy atom. The number of aromatic hydroxyl groups is 1. The Morgan fingerprint density at radius 2 is 2.21 bits per heavy atom. The van der Waals surface area contributed by atoms with Gasteiger partial charge in [-0.05, 0) is 44.2 Å². The van der Waals surface area contributed by atoms with Crippen molar-refractivity contribution in [2.75, 3.05) is 11.4 Å². The van der Waals surface area contributed by atoms with Crippen LogP contribution in [0, 0.1) is 12.8 Å². The van der Waals surface area contributed by atoms with Crippen LogP contribution in [-0.2, 0) is 4.79 Å². The van der Waals surface area contributed by atoms with Gasteiger partial charge >= 0.3 is 0 Å². The van der Waals surface area contributed by atoms with Crippen LogP contribution in [0.25, 0.3) is 0 Å². The van der Waals surface area contributed by atoms with Gasteiger partial charge in [-0.2, -0.15) is 0 Å². The van der Waals surface area contributed by atoms with E-state index in [1.165, 1.54) is 0 Å². The summed E-state index contributed by atoms with van der Waals surface area (Å²) in [5.41, 5.74) is 7.77. The molecule has 0 bridgehead atoms. The molecule has 1 aromatic rings. The minimum atomic E-state index is -0.0286. The first kappa shape index (κ1) is 13.9. The SMILES string of the molecule is CCN(C(=O)CC(N)C1CC1)c1cc(O)ccc1C. The van der Waals surface area contributed by atoms with Gasteiger partial charge in [0.05, 0.1) is 5.69 Å². The Kier molecular flexibility index (Phi) is 4.10. The lowest BCUT2D eigenvalue weighted by atomic mass is 10.1. The third-order valence-electron chi connectivity index (χ3n) is 3.74. The van der Waals surface area contributed by atoms with Gasteiger partial charge in [-0.1, -0.05) is 6.07 Å². The summed E-state index contributed by atoms with van der Waals surface area (Å²) < 4.78 is 0. The molecule has 0 spiro atoms. The molecule has 1 unspecified atom stereocenters. The summed E-state index contributed by atoms with van der Waals surface area (Å²) in [6.45, 7) is 4.45. The van der Waals surface area contributed by atoms with Crippen LogP contribution in [0.4, 0.5) is 5.69 Å². The minimum Gasteiger partial charge on any atom is -0.508 e. The second-order valence-corrected chi connectivity index (χ2v) is 5.31. The number of rotatable bonds is 5. The topological polar surface area (TPSA) is 66.6 Å². The number of hydrogen-bond acceptors (Lipinski definition) is 3. The normalized spacial score (nSPS) is 16.2. The van der Waals surface area contributed by atoms with Crippen LogP contribution in [0.15, 0.2) is 18.2 Å². The molecule has 104 valence electrons. The van der Waals surface area contributed by atoms with Crippen LogP contribution >= 0.6 is 0 Å². The molecule has 1 fully saturated rings. The maximum Gasteiger partial charge on any atom is 0.228 e. The second-order valence-electron chi connectivity index (χ2n) is 5.31. The minimum absolute atomic E-state index is 0.0286. The van der Waals surface area contributed by atoms with E-state index < -0.39 is 0 Å². The Labute approximate surface area is 114 Å². The number of benzene rings is 1. The monoisotopic (exact) mass is 262 g/mol. The lowest BCUT2D eigenvalue weighted by Crippen LogP contribution is -2.37. The quantitative estimate of drug-likeness (QED) is 0.854. The van der Waals surface area contributed by atoms with Crippen molar-refractivity contribution >= 4 is 11.6 Å². The fourth-order valence-corrected chi connectivity index (χ4v) is 2.37. The third kappa shape index (κ3) is 3.26. The van der Waals surface area contributed by atoms with Crippen molar-refractivity contribution in [2.24, 2.45) is 11.7 Å². The van der Waals surface area contributed by atoms with E-state index in [9.17, 15) is 9.90 Å². The molecule has 1 atom stereocenters. The molecule has 4 heteroatoms. The molecule has 1 aliphatic carbocycles. The van der Waals surface area contributed by atoms with Gasteiger partial charge in [0.25, 0.3) is 0 Å². The first-order valence-electron chi connectivity index (χ1n) is 6.88. The molecule has 1 aliphatic rings. The van der Waals surface area contributed by atoms with Gasteiger partial charge in [0.2, 0.25) is 5.91 Å². The molecule has 0 aromatic heterocycles. The van der Waals surface area contributed by atoms with E-state index in [1.807, 2.05) is 19.9 Å². The largest absolute Gasteiger partial charge is 0.508 e. The van der Waals surface area contributed by atoms with E-state index in [1.54, 1.807) is 17.0 Å². The van der Waals surface area contributed by atoms with Gasteiger partial charge in [0.15, 0.2) is 0 Å². The van der Waals surface area contributed by atoms with Crippen LogP contribution in [0.1, 0.15) is 31.7 Å². The van der Waals surface area contributed by atoms with Crippen LogP contribution < -0.4 is 10.6 Å². The van der Waals surface area contributed by atoms with Crippen LogP contribution in [-0.4, -0.2) is 23.6 Å². The molecule has 0 radical (unpaired) electrons. The van der Waals surface area contributed by atoms with Gasteiger partial charge in [-0.15, -0.1) is 0 Å². The van der Waals surface area contributed by atoms with E-state index in [-0.39, 0.29) is 17.7 Å². The fraction of sp³-hybridized carbons (Fsp3) is 0.533. The summed E-state index contributed by atoms with van der Waals surface area (Å²) >= 11 is 0. The summed E-state index contributed by atoms with van der Waals surface area (Å²) in [5.74, 6) is 0.738. The molecular formula is C15H22N2O2. The molecule has 0 saturated heterocycles. The second kappa shape index (κ2) is 5.61. The number of anilines is 1. The van der Waals surface area contributed by atoms with Crippen LogP contribution in [0.3, 0.4) is 0 Å². The average molecular weight is 262 g/mol. The number of aryl methyl sites for hydroxylation is 1. The Balaban J connectivity index is 2.13. The summed E-state index contributed by atoms with van der Waals surface area (Å²) in [6.07, 6.45) is 2.67. The van der Waals surface area contributed by atoms with Crippen molar-refractivity contribution in [1.82, 2.24) is 0 Å². The maximum absolute atomic E-state index is 12.3. The standard InChI is InChI=1S/C15H22N2O2/c1-3-17(14-8-12(18)7-4-10(14)2)15(19)9-13(16)11-5-6-11/h4,7-8,11,13,18H,3,5-6,9,16H2,1-2H3. The van der Waals surface area contributed by atoms with E-state index in [4.69, 9.17) is 5.73 Å². The predicted octanol–water partition coefficient (Wildman–Crippen LogP) is 2.18. The van der Waals surface area contributed by atoms with Crippen molar-refractivity contribution < 1.29 is 9.90 Å². The smallest absolute Gasteiger partial charge is 0.228 e. The maximum atomic E-state index is 12.3. The number of hydrogen-bond donors (Lipinski definition) is 2. The van der Waals surface area contributed by atoms with Gasteiger partial charge in [0.1, 0.15) is 5.75 Å². The van der Waals surface area contributed by atoms with Crippen molar-refractivity contribution in [3.8, 4) is 5.75 Å². The number of phenols is 1. The van der Waals surface area contributed by atoms with E-state index in [2.05, 4.69) is 0 Å². The van der Waals surface area contributed by atoms with Crippen molar-refractivity contribution in [3.63, 3.8) is 0 Å².